The number of ether oxygens (including phenoxy) is 1. The first-order valence-corrected chi connectivity index (χ1v) is 13.2. The van der Waals surface area contributed by atoms with Crippen LogP contribution in [0.3, 0.4) is 0 Å². The number of anilines is 2. The molecule has 1 aliphatic carbocycles. The van der Waals surface area contributed by atoms with Gasteiger partial charge in [-0.3, -0.25) is 4.99 Å². The molecule has 1 aromatic carbocycles. The third-order valence-corrected chi connectivity index (χ3v) is 5.79. The van der Waals surface area contributed by atoms with Gasteiger partial charge >= 0.3 is 6.09 Å². The van der Waals surface area contributed by atoms with Crippen molar-refractivity contribution in [2.24, 2.45) is 4.99 Å². The van der Waals surface area contributed by atoms with E-state index in [-0.39, 0.29) is 17.8 Å². The third kappa shape index (κ3) is 9.29. The molecule has 10 heteroatoms. The van der Waals surface area contributed by atoms with Crippen molar-refractivity contribution < 1.29 is 18.3 Å². The van der Waals surface area contributed by atoms with E-state index in [4.69, 9.17) is 10.5 Å². The number of aromatic nitrogens is 2. The Kier molecular flexibility index (Phi) is 12.0. The molecule has 8 nitrogen and oxygen atoms in total. The number of aliphatic imine (C=N–C) groups is 1. The number of nitrogens with two attached hydrogens (primary N) is 1. The van der Waals surface area contributed by atoms with Gasteiger partial charge in [-0.05, 0) is 69.7 Å². The maximum Gasteiger partial charge on any atom is 0.408 e. The molecule has 4 rings (SSSR count). The molecule has 0 spiro atoms. The van der Waals surface area contributed by atoms with Crippen LogP contribution in [0.2, 0.25) is 0 Å². The summed E-state index contributed by atoms with van der Waals surface area (Å²) in [6, 6.07) is 14.6. The van der Waals surface area contributed by atoms with Gasteiger partial charge in [-0.25, -0.2) is 23.5 Å². The summed E-state index contributed by atoms with van der Waals surface area (Å²) in [7, 11) is 1.72. The number of nitrogens with one attached hydrogen (secondary N) is 1. The third-order valence-electron chi connectivity index (χ3n) is 5.79. The Hall–Kier alpha value is -4.08. The van der Waals surface area contributed by atoms with E-state index in [1.54, 1.807) is 24.2 Å². The quantitative estimate of drug-likeness (QED) is 0.313. The highest BCUT2D eigenvalue weighted by Crippen LogP contribution is 2.31. The van der Waals surface area contributed by atoms with Crippen molar-refractivity contribution in [2.45, 2.75) is 72.1 Å². The molecule has 3 aromatic rings. The number of carbonyl (C=O) groups is 1. The van der Waals surface area contributed by atoms with Crippen molar-refractivity contribution in [3.63, 3.8) is 0 Å². The lowest BCUT2D eigenvalue weighted by Crippen LogP contribution is -2.34. The van der Waals surface area contributed by atoms with Gasteiger partial charge in [0.25, 0.3) is 6.43 Å². The van der Waals surface area contributed by atoms with Crippen LogP contribution < -0.4 is 16.0 Å². The first-order chi connectivity index (χ1) is 19.0. The van der Waals surface area contributed by atoms with Crippen LogP contribution in [0.4, 0.5) is 30.9 Å². The van der Waals surface area contributed by atoms with Crippen LogP contribution in [0.15, 0.2) is 59.7 Å². The molecule has 0 aliphatic heterocycles. The normalized spacial score (nSPS) is 13.7. The zero-order chi connectivity index (χ0) is 29.9. The second kappa shape index (κ2) is 14.9. The van der Waals surface area contributed by atoms with Gasteiger partial charge in [-0.1, -0.05) is 44.2 Å². The number of rotatable bonds is 6. The summed E-state index contributed by atoms with van der Waals surface area (Å²) in [6.45, 7) is 13.4. The molecule has 1 amide bonds. The molecule has 1 aliphatic rings. The van der Waals surface area contributed by atoms with E-state index < -0.39 is 12.0 Å². The highest BCUT2D eigenvalue weighted by molar-refractivity contribution is 5.69. The monoisotopic (exact) mass is 554 g/mol. The zero-order valence-electron chi connectivity index (χ0n) is 24.1. The lowest BCUT2D eigenvalue weighted by Gasteiger charge is -2.22. The number of amides is 1. The molecule has 1 unspecified atom stereocenters. The van der Waals surface area contributed by atoms with E-state index in [1.165, 1.54) is 23.3 Å². The number of nitrogens with zero attached hydrogens (tertiary/aromatic N) is 4. The number of pyridine rings is 2. The summed E-state index contributed by atoms with van der Waals surface area (Å²) in [5, 5.41) is 2.93. The van der Waals surface area contributed by atoms with Gasteiger partial charge in [-0.15, -0.1) is 0 Å². The number of nitrogen functional groups attached to an aromatic ring is 1. The second-order valence-electron chi connectivity index (χ2n) is 9.88. The van der Waals surface area contributed by atoms with E-state index in [1.807, 2.05) is 52.8 Å². The number of fused-ring (bicyclic) bond motifs is 1. The Labute approximate surface area is 235 Å². The fraction of sp³-hybridized carbons (Fsp3) is 0.400. The Morgan fingerprint density at radius 3 is 2.52 bits per heavy atom. The van der Waals surface area contributed by atoms with Crippen LogP contribution in [0, 0.1) is 0 Å². The number of benzene rings is 1. The number of aryl methyl sites for hydroxylation is 1. The summed E-state index contributed by atoms with van der Waals surface area (Å²) in [5.41, 5.74) is 8.80. The largest absolute Gasteiger partial charge is 0.444 e. The average molecular weight is 555 g/mol. The van der Waals surface area contributed by atoms with Gasteiger partial charge < -0.3 is 20.7 Å². The van der Waals surface area contributed by atoms with Gasteiger partial charge in [0.1, 0.15) is 22.8 Å². The lowest BCUT2D eigenvalue weighted by atomic mass is 10.1. The molecule has 0 fully saturated rings. The minimum absolute atomic E-state index is 0.0982. The van der Waals surface area contributed by atoms with Crippen molar-refractivity contribution in [2.75, 3.05) is 17.7 Å². The summed E-state index contributed by atoms with van der Waals surface area (Å²) in [4.78, 5) is 25.1. The maximum absolute atomic E-state index is 12.8. The van der Waals surface area contributed by atoms with Gasteiger partial charge in [0.05, 0.1) is 6.04 Å². The fourth-order valence-electron chi connectivity index (χ4n) is 4.05. The fourth-order valence-corrected chi connectivity index (χ4v) is 4.05. The summed E-state index contributed by atoms with van der Waals surface area (Å²) >= 11 is 0. The summed E-state index contributed by atoms with van der Waals surface area (Å²) < 4.78 is 30.8. The molecule has 3 N–H and O–H groups in total. The van der Waals surface area contributed by atoms with E-state index in [0.717, 1.165) is 18.4 Å². The number of carbonyl (C=O) groups excluding carboxylic acids is 1. The number of alkyl carbamates (subject to hydrolysis) is 1. The molecular weight excluding hydrogens is 514 g/mol. The molecule has 0 saturated carbocycles. The van der Waals surface area contributed by atoms with Crippen molar-refractivity contribution in [1.29, 1.82) is 0 Å². The van der Waals surface area contributed by atoms with Gasteiger partial charge in [0.15, 0.2) is 5.82 Å². The number of hydrogen-bond donors (Lipinski definition) is 2. The van der Waals surface area contributed by atoms with E-state index in [0.29, 0.717) is 23.9 Å². The number of alkyl halides is 2. The predicted octanol–water partition coefficient (Wildman–Crippen LogP) is 7.19. The summed E-state index contributed by atoms with van der Waals surface area (Å²) in [5.74, 6) is 0.716. The second-order valence-corrected chi connectivity index (χ2v) is 9.88. The lowest BCUT2D eigenvalue weighted by molar-refractivity contribution is 0.0503. The van der Waals surface area contributed by atoms with Gasteiger partial charge in [0, 0.05) is 25.4 Å². The Balaban J connectivity index is 0.000000269. The molecule has 216 valence electrons. The Morgan fingerprint density at radius 1 is 1.20 bits per heavy atom. The van der Waals surface area contributed by atoms with Crippen LogP contribution >= 0.6 is 0 Å². The average Bonchev–Trinajstić information content (AvgIpc) is 3.32. The van der Waals surface area contributed by atoms with Crippen LogP contribution in [-0.2, 0) is 17.7 Å². The SMILES string of the molecule is C=Nc1ccc(C(F)F)nc1N(C)Cc1cccnc1N.CC.CC(C)(C)OC(=O)NC1CCc2ccccc21. The highest BCUT2D eigenvalue weighted by Gasteiger charge is 2.25. The van der Waals surface area contributed by atoms with Crippen LogP contribution in [0.5, 0.6) is 0 Å². The van der Waals surface area contributed by atoms with E-state index in [9.17, 15) is 13.6 Å². The topological polar surface area (TPSA) is 106 Å². The molecule has 2 heterocycles. The smallest absolute Gasteiger partial charge is 0.408 e. The molecule has 2 aromatic heterocycles. The molecular formula is C30H40F2N6O2. The number of halogens is 2. The van der Waals surface area contributed by atoms with Crippen molar-refractivity contribution in [3.8, 4) is 0 Å². The minimum atomic E-state index is -2.64. The van der Waals surface area contributed by atoms with E-state index >= 15 is 0 Å². The molecule has 0 radical (unpaired) electrons. The number of hydrogen-bond acceptors (Lipinski definition) is 7. The predicted molar refractivity (Wildman–Crippen MR) is 157 cm³/mol. The first-order valence-electron chi connectivity index (χ1n) is 13.2. The minimum Gasteiger partial charge on any atom is -0.444 e. The van der Waals surface area contributed by atoms with Gasteiger partial charge in [0.2, 0.25) is 0 Å². The standard InChI is InChI=1S/C14H15F2N5.C14H19NO2.C2H6/c1-18-11-6-5-10(12(15)16)20-14(11)21(2)8-9-4-3-7-19-13(9)17;1-14(2,3)17-13(16)15-12-9-8-10-6-4-5-7-11(10)12;1-2/h3-7,12H,1,8H2,2H3,(H2,17,19);4-7,12H,8-9H2,1-3H3,(H,15,16);1-2H3. The molecule has 1 atom stereocenters. The van der Waals surface area contributed by atoms with Crippen molar-refractivity contribution >= 4 is 30.1 Å². The van der Waals surface area contributed by atoms with Crippen molar-refractivity contribution in [1.82, 2.24) is 15.3 Å². The van der Waals surface area contributed by atoms with Gasteiger partial charge in [-0.2, -0.15) is 0 Å². The van der Waals surface area contributed by atoms with Crippen LogP contribution in [0.1, 0.15) is 75.9 Å². The molecule has 0 bridgehead atoms. The maximum atomic E-state index is 12.8. The zero-order valence-corrected chi connectivity index (χ0v) is 24.1. The Bertz CT molecular complexity index is 1260. The molecule has 0 saturated heterocycles. The highest BCUT2D eigenvalue weighted by atomic mass is 19.3. The summed E-state index contributed by atoms with van der Waals surface area (Å²) in [6.07, 6.45) is 0.596. The molecule has 40 heavy (non-hydrogen) atoms. The van der Waals surface area contributed by atoms with Crippen LogP contribution in [-0.4, -0.2) is 35.4 Å². The first kappa shape index (κ1) is 32.1. The Morgan fingerprint density at radius 2 is 1.90 bits per heavy atom. The van der Waals surface area contributed by atoms with Crippen LogP contribution in [0.25, 0.3) is 0 Å². The van der Waals surface area contributed by atoms with Crippen molar-refractivity contribution in [3.05, 3.63) is 77.1 Å². The van der Waals surface area contributed by atoms with E-state index in [2.05, 4.69) is 39.1 Å².